The Morgan fingerprint density at radius 1 is 0.967 bits per heavy atom. The molecule has 2 aromatic carbocycles. The van der Waals surface area contributed by atoms with Crippen molar-refractivity contribution in [3.63, 3.8) is 0 Å². The number of methoxy groups -OCH3 is 1. The Balaban J connectivity index is 1.57. The molecule has 0 spiro atoms. The third-order valence-corrected chi connectivity index (χ3v) is 5.34. The zero-order chi connectivity index (χ0) is 21.3. The smallest absolute Gasteiger partial charge is 0.307 e. The van der Waals surface area contributed by atoms with Crippen LogP contribution in [0.15, 0.2) is 48.5 Å². The molecular formula is C22H21N3O5. The average Bonchev–Trinajstić information content (AvgIpc) is 3.06. The van der Waals surface area contributed by atoms with E-state index >= 15 is 0 Å². The summed E-state index contributed by atoms with van der Waals surface area (Å²) in [6.45, 7) is 0.305. The maximum absolute atomic E-state index is 13.2. The van der Waals surface area contributed by atoms with Crippen LogP contribution >= 0.6 is 0 Å². The van der Waals surface area contributed by atoms with Gasteiger partial charge in [-0.05, 0) is 18.2 Å². The van der Waals surface area contributed by atoms with E-state index in [1.807, 2.05) is 12.1 Å². The van der Waals surface area contributed by atoms with E-state index in [4.69, 9.17) is 0 Å². The largest absolute Gasteiger partial charge is 0.469 e. The predicted molar refractivity (Wildman–Crippen MR) is 108 cm³/mol. The van der Waals surface area contributed by atoms with Crippen molar-refractivity contribution in [2.75, 3.05) is 25.1 Å². The number of nitrogens with zero attached hydrogens (tertiary/aromatic N) is 2. The quantitative estimate of drug-likeness (QED) is 0.738. The standard InChI is InChI=1S/C22H21N3O5/c1-30-19(27)10-12-23-18(26)11-13-24-20-14-6-2-3-7-15(14)22(29)25(20)17-9-5-4-8-16(17)21(24)28/h2-9,20H,10-13H2,1H3,(H,23,26). The van der Waals surface area contributed by atoms with Gasteiger partial charge in [0.1, 0.15) is 6.17 Å². The van der Waals surface area contributed by atoms with Crippen LogP contribution in [-0.4, -0.2) is 48.8 Å². The highest BCUT2D eigenvalue weighted by molar-refractivity contribution is 6.16. The molecule has 4 rings (SSSR count). The first-order chi connectivity index (χ1) is 14.5. The van der Waals surface area contributed by atoms with Crippen molar-refractivity contribution in [3.05, 3.63) is 65.2 Å². The molecule has 1 atom stereocenters. The average molecular weight is 407 g/mol. The molecule has 0 fully saturated rings. The highest BCUT2D eigenvalue weighted by atomic mass is 16.5. The number of benzene rings is 2. The number of carbonyl (C=O) groups is 4. The van der Waals surface area contributed by atoms with Gasteiger partial charge in [0, 0.05) is 30.6 Å². The van der Waals surface area contributed by atoms with Crippen molar-refractivity contribution in [2.24, 2.45) is 0 Å². The first-order valence-corrected chi connectivity index (χ1v) is 9.69. The van der Waals surface area contributed by atoms with E-state index < -0.39 is 12.1 Å². The van der Waals surface area contributed by atoms with Crippen molar-refractivity contribution in [2.45, 2.75) is 19.0 Å². The van der Waals surface area contributed by atoms with E-state index in [2.05, 4.69) is 10.1 Å². The lowest BCUT2D eigenvalue weighted by molar-refractivity contribution is -0.140. The van der Waals surface area contributed by atoms with Gasteiger partial charge in [-0.15, -0.1) is 0 Å². The van der Waals surface area contributed by atoms with Crippen LogP contribution in [0.1, 0.15) is 45.3 Å². The lowest BCUT2D eigenvalue weighted by atomic mass is 10.0. The molecule has 0 aromatic heterocycles. The topological polar surface area (TPSA) is 96.0 Å². The second-order valence-corrected chi connectivity index (χ2v) is 7.08. The Labute approximate surface area is 173 Å². The van der Waals surface area contributed by atoms with Crippen LogP contribution < -0.4 is 10.2 Å². The number of nitrogens with one attached hydrogen (secondary N) is 1. The molecule has 154 valence electrons. The van der Waals surface area contributed by atoms with Crippen molar-refractivity contribution in [1.82, 2.24) is 10.2 Å². The minimum atomic E-state index is -0.584. The highest BCUT2D eigenvalue weighted by Gasteiger charge is 2.47. The molecule has 2 heterocycles. The monoisotopic (exact) mass is 407 g/mol. The molecule has 8 heteroatoms. The van der Waals surface area contributed by atoms with Gasteiger partial charge in [0.05, 0.1) is 24.8 Å². The Morgan fingerprint density at radius 3 is 2.43 bits per heavy atom. The van der Waals surface area contributed by atoms with Crippen LogP contribution in [0.3, 0.4) is 0 Å². The van der Waals surface area contributed by atoms with E-state index in [1.165, 1.54) is 7.11 Å². The molecule has 0 saturated heterocycles. The second-order valence-electron chi connectivity index (χ2n) is 7.08. The van der Waals surface area contributed by atoms with Crippen LogP contribution in [0.4, 0.5) is 5.69 Å². The fraction of sp³-hybridized carbons (Fsp3) is 0.273. The maximum atomic E-state index is 13.2. The van der Waals surface area contributed by atoms with Gasteiger partial charge in [-0.3, -0.25) is 24.1 Å². The van der Waals surface area contributed by atoms with Gasteiger partial charge in [0.15, 0.2) is 0 Å². The van der Waals surface area contributed by atoms with Gasteiger partial charge in [-0.25, -0.2) is 0 Å². The third kappa shape index (κ3) is 3.30. The zero-order valence-corrected chi connectivity index (χ0v) is 16.5. The molecule has 0 aliphatic carbocycles. The first kappa shape index (κ1) is 19.6. The van der Waals surface area contributed by atoms with Crippen molar-refractivity contribution in [3.8, 4) is 0 Å². The summed E-state index contributed by atoms with van der Waals surface area (Å²) in [5.41, 5.74) is 2.31. The molecule has 2 aromatic rings. The second kappa shape index (κ2) is 7.98. The summed E-state index contributed by atoms with van der Waals surface area (Å²) >= 11 is 0. The number of hydrogen-bond acceptors (Lipinski definition) is 5. The third-order valence-electron chi connectivity index (χ3n) is 5.34. The zero-order valence-electron chi connectivity index (χ0n) is 16.5. The number of anilines is 1. The summed E-state index contributed by atoms with van der Waals surface area (Å²) in [6, 6.07) is 14.2. The fourth-order valence-corrected chi connectivity index (χ4v) is 3.92. The maximum Gasteiger partial charge on any atom is 0.307 e. The van der Waals surface area contributed by atoms with E-state index in [1.54, 1.807) is 46.2 Å². The van der Waals surface area contributed by atoms with E-state index in [0.717, 1.165) is 5.56 Å². The Morgan fingerprint density at radius 2 is 1.67 bits per heavy atom. The van der Waals surface area contributed by atoms with Crippen LogP contribution in [0.2, 0.25) is 0 Å². The van der Waals surface area contributed by atoms with Gasteiger partial charge in [-0.1, -0.05) is 30.3 Å². The first-order valence-electron chi connectivity index (χ1n) is 9.69. The minimum Gasteiger partial charge on any atom is -0.469 e. The molecule has 8 nitrogen and oxygen atoms in total. The number of ether oxygens (including phenoxy) is 1. The lowest BCUT2D eigenvalue weighted by Crippen LogP contribution is -2.49. The Kier molecular flexibility index (Phi) is 5.22. The molecule has 30 heavy (non-hydrogen) atoms. The van der Waals surface area contributed by atoms with Crippen molar-refractivity contribution in [1.29, 1.82) is 0 Å². The highest BCUT2D eigenvalue weighted by Crippen LogP contribution is 2.45. The van der Waals surface area contributed by atoms with E-state index in [9.17, 15) is 19.2 Å². The number of rotatable bonds is 6. The summed E-state index contributed by atoms with van der Waals surface area (Å²) in [4.78, 5) is 52.9. The Hall–Kier alpha value is -3.68. The van der Waals surface area contributed by atoms with Gasteiger partial charge < -0.3 is 15.0 Å². The van der Waals surface area contributed by atoms with Gasteiger partial charge in [0.25, 0.3) is 11.8 Å². The minimum absolute atomic E-state index is 0.0514. The summed E-state index contributed by atoms with van der Waals surface area (Å²) in [5.74, 6) is -1.08. The number of para-hydroxylation sites is 1. The number of esters is 1. The van der Waals surface area contributed by atoms with Gasteiger partial charge >= 0.3 is 5.97 Å². The molecule has 2 aliphatic heterocycles. The summed E-state index contributed by atoms with van der Waals surface area (Å²) in [6.07, 6.45) is -0.453. The summed E-state index contributed by atoms with van der Waals surface area (Å²) in [7, 11) is 1.29. The normalized spacial score (nSPS) is 16.6. The van der Waals surface area contributed by atoms with Crippen molar-refractivity contribution < 1.29 is 23.9 Å². The molecule has 2 aliphatic rings. The van der Waals surface area contributed by atoms with Crippen LogP contribution in [-0.2, 0) is 14.3 Å². The van der Waals surface area contributed by atoms with Crippen LogP contribution in [0.5, 0.6) is 0 Å². The number of hydrogen-bond donors (Lipinski definition) is 1. The molecule has 0 saturated carbocycles. The summed E-state index contributed by atoms with van der Waals surface area (Å²) < 4.78 is 4.54. The van der Waals surface area contributed by atoms with E-state index in [0.29, 0.717) is 16.8 Å². The predicted octanol–water partition coefficient (Wildman–Crippen LogP) is 1.87. The molecular weight excluding hydrogens is 386 g/mol. The van der Waals surface area contributed by atoms with Crippen LogP contribution in [0.25, 0.3) is 0 Å². The van der Waals surface area contributed by atoms with Gasteiger partial charge in [-0.2, -0.15) is 0 Å². The molecule has 0 radical (unpaired) electrons. The van der Waals surface area contributed by atoms with Crippen LogP contribution in [0, 0.1) is 0 Å². The SMILES string of the molecule is COC(=O)CCNC(=O)CCN1C(=O)c2ccccc2N2C(=O)c3ccccc3C12. The molecule has 3 amide bonds. The fourth-order valence-electron chi connectivity index (χ4n) is 3.92. The lowest BCUT2D eigenvalue weighted by Gasteiger charge is -2.40. The number of amides is 3. The van der Waals surface area contributed by atoms with Crippen molar-refractivity contribution >= 4 is 29.4 Å². The van der Waals surface area contributed by atoms with Gasteiger partial charge in [0.2, 0.25) is 5.91 Å². The molecule has 1 N–H and O–H groups in total. The van der Waals surface area contributed by atoms with E-state index in [-0.39, 0.29) is 43.7 Å². The molecule has 1 unspecified atom stereocenters. The summed E-state index contributed by atoms with van der Waals surface area (Å²) in [5, 5.41) is 2.65. The Bertz CT molecular complexity index is 1030. The number of carbonyl (C=O) groups excluding carboxylic acids is 4. The molecule has 0 bridgehead atoms. The number of fused-ring (bicyclic) bond motifs is 5.